The minimum atomic E-state index is -0.456. The highest BCUT2D eigenvalue weighted by molar-refractivity contribution is 9.10. The number of benzene rings is 1. The largest absolute Gasteiger partial charge is 0.352 e. The predicted octanol–water partition coefficient (Wildman–Crippen LogP) is 3.11. The molecule has 1 aromatic carbocycles. The van der Waals surface area contributed by atoms with Crippen LogP contribution in [0.2, 0.25) is 0 Å². The van der Waals surface area contributed by atoms with Crippen LogP contribution >= 0.6 is 15.9 Å². The molecule has 1 fully saturated rings. The molecule has 6 heteroatoms. The summed E-state index contributed by atoms with van der Waals surface area (Å²) in [5, 5.41) is 2.76. The monoisotopic (exact) mass is 370 g/mol. The fraction of sp³-hybridized carbons (Fsp3) is 0.500. The van der Waals surface area contributed by atoms with Gasteiger partial charge in [0.25, 0.3) is 5.91 Å². The SMILES string of the molecule is O=C(NCCCN1CCCCCC1=O)c1ccc(Br)c(F)c1. The number of rotatable bonds is 5. The Morgan fingerprint density at radius 2 is 2.14 bits per heavy atom. The van der Waals surface area contributed by atoms with E-state index in [-0.39, 0.29) is 11.8 Å². The van der Waals surface area contributed by atoms with Crippen molar-refractivity contribution < 1.29 is 14.0 Å². The summed E-state index contributed by atoms with van der Waals surface area (Å²) in [6.45, 7) is 1.94. The Hall–Kier alpha value is -1.43. The lowest BCUT2D eigenvalue weighted by molar-refractivity contribution is -0.130. The lowest BCUT2D eigenvalue weighted by Gasteiger charge is -2.20. The zero-order chi connectivity index (χ0) is 15.9. The van der Waals surface area contributed by atoms with Crippen LogP contribution in [0.4, 0.5) is 4.39 Å². The van der Waals surface area contributed by atoms with Crippen LogP contribution in [-0.4, -0.2) is 36.3 Å². The first-order chi connectivity index (χ1) is 10.6. The molecular formula is C16H20BrFN2O2. The third-order valence-electron chi connectivity index (χ3n) is 3.74. The van der Waals surface area contributed by atoms with Gasteiger partial charge < -0.3 is 10.2 Å². The second-order valence-electron chi connectivity index (χ2n) is 5.43. The summed E-state index contributed by atoms with van der Waals surface area (Å²) in [5.74, 6) is -0.546. The van der Waals surface area contributed by atoms with Crippen LogP contribution in [0.15, 0.2) is 22.7 Å². The van der Waals surface area contributed by atoms with Crippen molar-refractivity contribution in [2.24, 2.45) is 0 Å². The van der Waals surface area contributed by atoms with Crippen molar-refractivity contribution in [3.05, 3.63) is 34.1 Å². The van der Waals surface area contributed by atoms with Crippen molar-refractivity contribution in [1.29, 1.82) is 0 Å². The van der Waals surface area contributed by atoms with Crippen LogP contribution in [0.3, 0.4) is 0 Å². The first-order valence-electron chi connectivity index (χ1n) is 7.59. The number of hydrogen-bond acceptors (Lipinski definition) is 2. The van der Waals surface area contributed by atoms with E-state index in [1.165, 1.54) is 12.1 Å². The summed E-state index contributed by atoms with van der Waals surface area (Å²) in [7, 11) is 0. The van der Waals surface area contributed by atoms with E-state index >= 15 is 0 Å². The van der Waals surface area contributed by atoms with Gasteiger partial charge in [-0.2, -0.15) is 0 Å². The molecule has 2 rings (SSSR count). The Kier molecular flexibility index (Phi) is 6.36. The molecule has 1 saturated heterocycles. The summed E-state index contributed by atoms with van der Waals surface area (Å²) >= 11 is 3.05. The fourth-order valence-corrected chi connectivity index (χ4v) is 2.73. The third-order valence-corrected chi connectivity index (χ3v) is 4.39. The number of halogens is 2. The molecule has 0 bridgehead atoms. The maximum absolute atomic E-state index is 13.4. The normalized spacial score (nSPS) is 15.5. The number of nitrogens with zero attached hydrogens (tertiary/aromatic N) is 1. The van der Waals surface area contributed by atoms with Gasteiger partial charge in [0.1, 0.15) is 5.82 Å². The summed E-state index contributed by atoms with van der Waals surface area (Å²) in [4.78, 5) is 25.6. The molecule has 0 spiro atoms. The van der Waals surface area contributed by atoms with Crippen LogP contribution in [0, 0.1) is 5.82 Å². The maximum Gasteiger partial charge on any atom is 0.251 e. The van der Waals surface area contributed by atoms with E-state index < -0.39 is 5.82 Å². The van der Waals surface area contributed by atoms with Crippen molar-refractivity contribution in [3.63, 3.8) is 0 Å². The maximum atomic E-state index is 13.4. The highest BCUT2D eigenvalue weighted by Gasteiger charge is 2.16. The minimum Gasteiger partial charge on any atom is -0.352 e. The van der Waals surface area contributed by atoms with Crippen molar-refractivity contribution in [2.75, 3.05) is 19.6 Å². The summed E-state index contributed by atoms with van der Waals surface area (Å²) in [6.07, 6.45) is 4.46. The van der Waals surface area contributed by atoms with E-state index in [4.69, 9.17) is 0 Å². The van der Waals surface area contributed by atoms with Gasteiger partial charge in [-0.25, -0.2) is 4.39 Å². The molecule has 1 aliphatic rings. The quantitative estimate of drug-likeness (QED) is 0.809. The molecule has 0 saturated carbocycles. The van der Waals surface area contributed by atoms with Gasteiger partial charge in [-0.3, -0.25) is 9.59 Å². The lowest BCUT2D eigenvalue weighted by atomic mass is 10.2. The topological polar surface area (TPSA) is 49.4 Å². The summed E-state index contributed by atoms with van der Waals surface area (Å²) < 4.78 is 13.7. The number of amides is 2. The molecule has 0 aromatic heterocycles. The molecule has 4 nitrogen and oxygen atoms in total. The minimum absolute atomic E-state index is 0.207. The molecule has 22 heavy (non-hydrogen) atoms. The Labute approximate surface area is 138 Å². The molecule has 1 heterocycles. The van der Waals surface area contributed by atoms with Crippen molar-refractivity contribution in [3.8, 4) is 0 Å². The Bertz CT molecular complexity index is 551. The molecule has 1 aliphatic heterocycles. The Morgan fingerprint density at radius 1 is 1.32 bits per heavy atom. The van der Waals surface area contributed by atoms with Gasteiger partial charge in [0, 0.05) is 31.6 Å². The zero-order valence-corrected chi connectivity index (χ0v) is 14.0. The van der Waals surface area contributed by atoms with Gasteiger partial charge in [0.15, 0.2) is 0 Å². The fourth-order valence-electron chi connectivity index (χ4n) is 2.49. The van der Waals surface area contributed by atoms with Gasteiger partial charge in [0.05, 0.1) is 4.47 Å². The van der Waals surface area contributed by atoms with E-state index in [0.29, 0.717) is 36.0 Å². The van der Waals surface area contributed by atoms with Crippen molar-refractivity contribution in [2.45, 2.75) is 32.1 Å². The first kappa shape index (κ1) is 16.9. The molecular weight excluding hydrogens is 351 g/mol. The molecule has 0 unspecified atom stereocenters. The van der Waals surface area contributed by atoms with E-state index in [1.807, 2.05) is 4.90 Å². The van der Waals surface area contributed by atoms with Gasteiger partial charge in [-0.05, 0) is 53.4 Å². The molecule has 0 aliphatic carbocycles. The lowest BCUT2D eigenvalue weighted by Crippen LogP contribution is -2.34. The molecule has 1 aromatic rings. The van der Waals surface area contributed by atoms with E-state index in [9.17, 15) is 14.0 Å². The Balaban J connectivity index is 1.74. The average molecular weight is 371 g/mol. The van der Waals surface area contributed by atoms with Crippen LogP contribution in [0.1, 0.15) is 42.5 Å². The molecule has 0 radical (unpaired) electrons. The third kappa shape index (κ3) is 4.80. The van der Waals surface area contributed by atoms with E-state index in [0.717, 1.165) is 25.8 Å². The van der Waals surface area contributed by atoms with Crippen molar-refractivity contribution >= 4 is 27.7 Å². The number of carbonyl (C=O) groups is 2. The van der Waals surface area contributed by atoms with Crippen LogP contribution < -0.4 is 5.32 Å². The van der Waals surface area contributed by atoms with Crippen molar-refractivity contribution in [1.82, 2.24) is 10.2 Å². The second kappa shape index (κ2) is 8.27. The first-order valence-corrected chi connectivity index (χ1v) is 8.38. The average Bonchev–Trinajstić information content (AvgIpc) is 2.71. The van der Waals surface area contributed by atoms with Gasteiger partial charge >= 0.3 is 0 Å². The van der Waals surface area contributed by atoms with E-state index in [1.54, 1.807) is 6.07 Å². The molecule has 120 valence electrons. The second-order valence-corrected chi connectivity index (χ2v) is 6.28. The Morgan fingerprint density at radius 3 is 2.91 bits per heavy atom. The number of likely N-dealkylation sites (tertiary alicyclic amines) is 1. The van der Waals surface area contributed by atoms with Crippen LogP contribution in [-0.2, 0) is 4.79 Å². The van der Waals surface area contributed by atoms with Gasteiger partial charge in [0.2, 0.25) is 5.91 Å². The zero-order valence-electron chi connectivity index (χ0n) is 12.4. The number of nitrogens with one attached hydrogen (secondary N) is 1. The van der Waals surface area contributed by atoms with Gasteiger partial charge in [-0.15, -0.1) is 0 Å². The van der Waals surface area contributed by atoms with Crippen LogP contribution in [0.25, 0.3) is 0 Å². The molecule has 1 N–H and O–H groups in total. The standard InChI is InChI=1S/C16H20BrFN2O2/c17-13-7-6-12(11-14(13)18)16(22)19-8-4-10-20-9-3-1-2-5-15(20)21/h6-7,11H,1-5,8-10H2,(H,19,22). The smallest absolute Gasteiger partial charge is 0.251 e. The number of carbonyl (C=O) groups excluding carboxylic acids is 2. The van der Waals surface area contributed by atoms with E-state index in [2.05, 4.69) is 21.2 Å². The highest BCUT2D eigenvalue weighted by Crippen LogP contribution is 2.16. The molecule has 0 atom stereocenters. The number of hydrogen-bond donors (Lipinski definition) is 1. The van der Waals surface area contributed by atoms with Gasteiger partial charge in [-0.1, -0.05) is 6.42 Å². The summed E-state index contributed by atoms with van der Waals surface area (Å²) in [5.41, 5.74) is 0.298. The van der Waals surface area contributed by atoms with Crippen LogP contribution in [0.5, 0.6) is 0 Å². The molecule has 2 amide bonds. The summed E-state index contributed by atoms with van der Waals surface area (Å²) in [6, 6.07) is 4.29. The predicted molar refractivity (Wildman–Crippen MR) is 86.1 cm³/mol. The highest BCUT2D eigenvalue weighted by atomic mass is 79.9.